The molecule has 28 heavy (non-hydrogen) atoms. The van der Waals surface area contributed by atoms with Crippen LogP contribution in [0.4, 0.5) is 0 Å². The lowest BCUT2D eigenvalue weighted by molar-refractivity contribution is -0.117. The Hall–Kier alpha value is -3.28. The molecule has 6 heteroatoms. The predicted octanol–water partition coefficient (Wildman–Crippen LogP) is 4.04. The number of hydrogen-bond donors (Lipinski definition) is 1. The Labute approximate surface area is 163 Å². The molecule has 0 aliphatic carbocycles. The van der Waals surface area contributed by atoms with Crippen molar-refractivity contribution in [3.05, 3.63) is 70.7 Å². The molecule has 0 fully saturated rings. The summed E-state index contributed by atoms with van der Waals surface area (Å²) in [6.07, 6.45) is 4.18. The molecule has 1 aromatic carbocycles. The summed E-state index contributed by atoms with van der Waals surface area (Å²) >= 11 is 0. The SMILES string of the molecule is Cc1cc(-n2c(C)cc(C=CC(=O)NC3CCOc4ccccc43)c2C)no1. The molecule has 0 radical (unpaired) electrons. The fraction of sp³-hybridized carbons (Fsp3) is 0.273. The summed E-state index contributed by atoms with van der Waals surface area (Å²) in [7, 11) is 0. The number of ether oxygens (including phenoxy) is 1. The molecule has 0 saturated carbocycles. The van der Waals surface area contributed by atoms with Crippen LogP contribution in [-0.4, -0.2) is 22.2 Å². The topological polar surface area (TPSA) is 69.3 Å². The summed E-state index contributed by atoms with van der Waals surface area (Å²) in [4.78, 5) is 12.5. The first kappa shape index (κ1) is 18.1. The Balaban J connectivity index is 1.50. The molecule has 2 aromatic heterocycles. The lowest BCUT2D eigenvalue weighted by Crippen LogP contribution is -2.30. The van der Waals surface area contributed by atoms with Crippen molar-refractivity contribution >= 4 is 12.0 Å². The summed E-state index contributed by atoms with van der Waals surface area (Å²) in [6.45, 7) is 6.48. The first-order valence-corrected chi connectivity index (χ1v) is 9.36. The van der Waals surface area contributed by atoms with E-state index in [-0.39, 0.29) is 11.9 Å². The van der Waals surface area contributed by atoms with Gasteiger partial charge in [-0.3, -0.25) is 9.36 Å². The highest BCUT2D eigenvalue weighted by molar-refractivity contribution is 5.92. The molecule has 1 unspecified atom stereocenters. The van der Waals surface area contributed by atoms with E-state index in [1.165, 1.54) is 0 Å². The molecule has 0 bridgehead atoms. The number of hydrogen-bond acceptors (Lipinski definition) is 4. The molecule has 1 aliphatic rings. The average molecular weight is 377 g/mol. The van der Waals surface area contributed by atoms with Crippen LogP contribution in [0.3, 0.4) is 0 Å². The third-order valence-electron chi connectivity index (χ3n) is 5.00. The van der Waals surface area contributed by atoms with Gasteiger partial charge in [0.1, 0.15) is 11.5 Å². The van der Waals surface area contributed by atoms with Gasteiger partial charge in [-0.05, 0) is 44.5 Å². The van der Waals surface area contributed by atoms with Crippen molar-refractivity contribution in [3.8, 4) is 11.6 Å². The molecule has 3 heterocycles. The van der Waals surface area contributed by atoms with Crippen LogP contribution in [0.25, 0.3) is 11.9 Å². The minimum absolute atomic E-state index is 0.0346. The van der Waals surface area contributed by atoms with Crippen molar-refractivity contribution in [2.45, 2.75) is 33.2 Å². The molecular weight excluding hydrogens is 354 g/mol. The van der Waals surface area contributed by atoms with Crippen molar-refractivity contribution < 1.29 is 14.1 Å². The van der Waals surface area contributed by atoms with Gasteiger partial charge < -0.3 is 14.6 Å². The lowest BCUT2D eigenvalue weighted by Gasteiger charge is -2.26. The van der Waals surface area contributed by atoms with Crippen molar-refractivity contribution in [1.29, 1.82) is 0 Å². The van der Waals surface area contributed by atoms with Crippen LogP contribution in [0.2, 0.25) is 0 Å². The summed E-state index contributed by atoms with van der Waals surface area (Å²) in [5.74, 6) is 2.23. The maximum absolute atomic E-state index is 12.5. The Morgan fingerprint density at radius 2 is 2.07 bits per heavy atom. The standard InChI is InChI=1S/C22H23N3O3/c1-14-12-17(16(3)25(14)21-13-15(2)28-24-21)8-9-22(26)23-19-10-11-27-20-7-5-4-6-18(19)20/h4-9,12-13,19H,10-11H2,1-3H3,(H,23,26). The summed E-state index contributed by atoms with van der Waals surface area (Å²) < 4.78 is 12.9. The zero-order valence-electron chi connectivity index (χ0n) is 16.2. The van der Waals surface area contributed by atoms with Gasteiger partial charge in [-0.25, -0.2) is 0 Å². The number of para-hydroxylation sites is 1. The van der Waals surface area contributed by atoms with Gasteiger partial charge in [0.15, 0.2) is 5.82 Å². The first-order chi connectivity index (χ1) is 13.5. The predicted molar refractivity (Wildman–Crippen MR) is 107 cm³/mol. The van der Waals surface area contributed by atoms with Crippen LogP contribution in [0.5, 0.6) is 5.75 Å². The van der Waals surface area contributed by atoms with E-state index >= 15 is 0 Å². The number of aryl methyl sites for hydroxylation is 2. The van der Waals surface area contributed by atoms with Crippen LogP contribution in [0, 0.1) is 20.8 Å². The Kier molecular flexibility index (Phi) is 4.77. The highest BCUT2D eigenvalue weighted by Crippen LogP contribution is 2.31. The highest BCUT2D eigenvalue weighted by Gasteiger charge is 2.21. The van der Waals surface area contributed by atoms with Crippen molar-refractivity contribution in [2.75, 3.05) is 6.61 Å². The number of nitrogens with zero attached hydrogens (tertiary/aromatic N) is 2. The molecule has 3 aromatic rings. The normalized spacial score (nSPS) is 16.0. The molecule has 4 rings (SSSR count). The third-order valence-corrected chi connectivity index (χ3v) is 5.00. The van der Waals surface area contributed by atoms with Crippen molar-refractivity contribution in [1.82, 2.24) is 15.0 Å². The molecule has 1 N–H and O–H groups in total. The Morgan fingerprint density at radius 1 is 1.25 bits per heavy atom. The Morgan fingerprint density at radius 3 is 2.86 bits per heavy atom. The molecule has 1 atom stereocenters. The first-order valence-electron chi connectivity index (χ1n) is 9.36. The summed E-state index contributed by atoms with van der Waals surface area (Å²) in [5, 5.41) is 7.17. The maximum atomic E-state index is 12.5. The fourth-order valence-electron chi connectivity index (χ4n) is 3.64. The number of rotatable bonds is 4. The van der Waals surface area contributed by atoms with E-state index in [0.717, 1.165) is 46.3 Å². The summed E-state index contributed by atoms with van der Waals surface area (Å²) in [5.41, 5.74) is 4.03. The number of amides is 1. The maximum Gasteiger partial charge on any atom is 0.244 e. The molecular formula is C22H23N3O3. The van der Waals surface area contributed by atoms with E-state index < -0.39 is 0 Å². The van der Waals surface area contributed by atoms with Crippen LogP contribution < -0.4 is 10.1 Å². The van der Waals surface area contributed by atoms with Crippen LogP contribution in [-0.2, 0) is 4.79 Å². The number of fused-ring (bicyclic) bond motifs is 1. The van der Waals surface area contributed by atoms with E-state index in [1.807, 2.05) is 67.8 Å². The second-order valence-corrected chi connectivity index (χ2v) is 7.03. The smallest absolute Gasteiger partial charge is 0.244 e. The zero-order chi connectivity index (χ0) is 19.7. The number of aromatic nitrogens is 2. The fourth-order valence-corrected chi connectivity index (χ4v) is 3.64. The second kappa shape index (κ2) is 7.38. The van der Waals surface area contributed by atoms with Gasteiger partial charge in [0.25, 0.3) is 0 Å². The second-order valence-electron chi connectivity index (χ2n) is 7.03. The minimum Gasteiger partial charge on any atom is -0.493 e. The Bertz CT molecular complexity index is 1050. The van der Waals surface area contributed by atoms with Gasteiger partial charge >= 0.3 is 0 Å². The molecule has 0 spiro atoms. The molecule has 1 amide bonds. The average Bonchev–Trinajstić information content (AvgIpc) is 3.22. The van der Waals surface area contributed by atoms with Gasteiger partial charge in [0.2, 0.25) is 5.91 Å². The lowest BCUT2D eigenvalue weighted by atomic mass is 10.0. The van der Waals surface area contributed by atoms with E-state index in [1.54, 1.807) is 6.08 Å². The van der Waals surface area contributed by atoms with Crippen molar-refractivity contribution in [3.63, 3.8) is 0 Å². The highest BCUT2D eigenvalue weighted by atomic mass is 16.5. The van der Waals surface area contributed by atoms with Crippen LogP contribution in [0.1, 0.15) is 40.7 Å². The van der Waals surface area contributed by atoms with E-state index in [9.17, 15) is 4.79 Å². The number of benzene rings is 1. The number of nitrogens with one attached hydrogen (secondary N) is 1. The van der Waals surface area contributed by atoms with Crippen LogP contribution >= 0.6 is 0 Å². The largest absolute Gasteiger partial charge is 0.493 e. The van der Waals surface area contributed by atoms with Gasteiger partial charge in [0.05, 0.1) is 12.6 Å². The molecule has 144 valence electrons. The quantitative estimate of drug-likeness (QED) is 0.697. The monoisotopic (exact) mass is 377 g/mol. The zero-order valence-corrected chi connectivity index (χ0v) is 16.2. The molecule has 1 aliphatic heterocycles. The number of carbonyl (C=O) groups excluding carboxylic acids is 1. The van der Waals surface area contributed by atoms with E-state index in [0.29, 0.717) is 6.61 Å². The van der Waals surface area contributed by atoms with Gasteiger partial charge in [-0.15, -0.1) is 0 Å². The molecule has 6 nitrogen and oxygen atoms in total. The van der Waals surface area contributed by atoms with Gasteiger partial charge in [0, 0.05) is 35.5 Å². The minimum atomic E-state index is -0.121. The molecule has 0 saturated heterocycles. The number of carbonyl (C=O) groups is 1. The van der Waals surface area contributed by atoms with Crippen molar-refractivity contribution in [2.24, 2.45) is 0 Å². The van der Waals surface area contributed by atoms with E-state index in [4.69, 9.17) is 9.26 Å². The van der Waals surface area contributed by atoms with Gasteiger partial charge in [-0.2, -0.15) is 0 Å². The summed E-state index contributed by atoms with van der Waals surface area (Å²) in [6, 6.07) is 11.7. The van der Waals surface area contributed by atoms with Crippen LogP contribution in [0.15, 0.2) is 47.0 Å². The van der Waals surface area contributed by atoms with E-state index in [2.05, 4.69) is 10.5 Å². The third kappa shape index (κ3) is 3.45. The van der Waals surface area contributed by atoms with Gasteiger partial charge in [-0.1, -0.05) is 23.4 Å².